The maximum absolute atomic E-state index is 11.6. The normalized spacial score (nSPS) is 13.2. The Bertz CT molecular complexity index is 980. The summed E-state index contributed by atoms with van der Waals surface area (Å²) in [5.74, 6) is 0.146. The van der Waals surface area contributed by atoms with Crippen LogP contribution >= 0.6 is 0 Å². The minimum absolute atomic E-state index is 0.00769. The molecule has 2 aromatic rings. The Morgan fingerprint density at radius 2 is 1.22 bits per heavy atom. The summed E-state index contributed by atoms with van der Waals surface area (Å²) in [6, 6.07) is 15.2. The largest absolute Gasteiger partial charge is 0.491 e. The molecule has 0 aliphatic rings. The standard InChI is InChI=1S/C29H40O8/c1-19(2)28(33)36-18-24(31)17-35-26-13-9-22(10-14-26)29(5,6)21-7-11-25(12-8-21)34-16-23(30)15-27(32)37-20(3)4/h7-14,19-20,23-24,30-31H,15-18H2,1-6H3. The third kappa shape index (κ3) is 10.1. The van der Waals surface area contributed by atoms with Crippen LogP contribution < -0.4 is 9.47 Å². The van der Waals surface area contributed by atoms with E-state index in [1.54, 1.807) is 27.7 Å². The fourth-order valence-corrected chi connectivity index (χ4v) is 3.44. The van der Waals surface area contributed by atoms with Gasteiger partial charge in [0.1, 0.15) is 37.4 Å². The van der Waals surface area contributed by atoms with E-state index in [1.165, 1.54) is 0 Å². The van der Waals surface area contributed by atoms with E-state index in [1.807, 2.05) is 48.5 Å². The molecular formula is C29H40O8. The molecule has 2 unspecified atom stereocenters. The van der Waals surface area contributed by atoms with Crippen LogP contribution in [0.15, 0.2) is 48.5 Å². The van der Waals surface area contributed by atoms with Crippen molar-refractivity contribution in [1.82, 2.24) is 0 Å². The molecule has 0 saturated heterocycles. The van der Waals surface area contributed by atoms with E-state index in [9.17, 15) is 19.8 Å². The Balaban J connectivity index is 1.88. The zero-order chi connectivity index (χ0) is 27.6. The lowest BCUT2D eigenvalue weighted by atomic mass is 9.78. The molecule has 204 valence electrons. The van der Waals surface area contributed by atoms with Crippen molar-refractivity contribution < 1.29 is 38.7 Å². The molecule has 0 aliphatic heterocycles. The van der Waals surface area contributed by atoms with Crippen molar-refractivity contribution >= 4 is 11.9 Å². The summed E-state index contributed by atoms with van der Waals surface area (Å²) in [7, 11) is 0. The van der Waals surface area contributed by atoms with E-state index in [-0.39, 0.29) is 49.6 Å². The Morgan fingerprint density at radius 3 is 1.65 bits per heavy atom. The van der Waals surface area contributed by atoms with Crippen molar-refractivity contribution in [2.75, 3.05) is 19.8 Å². The molecule has 0 spiro atoms. The van der Waals surface area contributed by atoms with Gasteiger partial charge in [-0.2, -0.15) is 0 Å². The lowest BCUT2D eigenvalue weighted by molar-refractivity contribution is -0.151. The first-order chi connectivity index (χ1) is 17.4. The zero-order valence-corrected chi connectivity index (χ0v) is 22.6. The molecule has 0 aliphatic carbocycles. The number of hydrogen-bond donors (Lipinski definition) is 2. The fraction of sp³-hybridized carbons (Fsp3) is 0.517. The first-order valence-electron chi connectivity index (χ1n) is 12.6. The number of esters is 2. The van der Waals surface area contributed by atoms with Gasteiger partial charge in [-0.3, -0.25) is 9.59 Å². The van der Waals surface area contributed by atoms with Gasteiger partial charge in [-0.25, -0.2) is 0 Å². The topological polar surface area (TPSA) is 112 Å². The highest BCUT2D eigenvalue weighted by molar-refractivity contribution is 5.71. The number of carbonyl (C=O) groups is 2. The molecule has 0 saturated carbocycles. The Kier molecular flexibility index (Phi) is 11.4. The number of carbonyl (C=O) groups excluding carboxylic acids is 2. The van der Waals surface area contributed by atoms with Gasteiger partial charge in [-0.15, -0.1) is 0 Å². The van der Waals surface area contributed by atoms with Crippen LogP contribution in [0.4, 0.5) is 0 Å². The minimum atomic E-state index is -0.945. The van der Waals surface area contributed by atoms with Crippen LogP contribution in [-0.4, -0.2) is 60.3 Å². The molecule has 0 bridgehead atoms. The summed E-state index contributed by atoms with van der Waals surface area (Å²) < 4.78 is 21.3. The molecule has 0 aromatic heterocycles. The monoisotopic (exact) mass is 516 g/mol. The molecule has 2 rings (SSSR count). The molecular weight excluding hydrogens is 476 g/mol. The SMILES string of the molecule is CC(C)OC(=O)CC(O)COc1ccc(C(C)(C)c2ccc(OCC(O)COC(=O)C(C)C)cc2)cc1. The van der Waals surface area contributed by atoms with Crippen LogP contribution in [-0.2, 0) is 24.5 Å². The average Bonchev–Trinajstić information content (AvgIpc) is 2.84. The van der Waals surface area contributed by atoms with Crippen LogP contribution in [0.5, 0.6) is 11.5 Å². The molecule has 2 aromatic carbocycles. The summed E-state index contributed by atoms with van der Waals surface area (Å²) in [5.41, 5.74) is 1.83. The van der Waals surface area contributed by atoms with Crippen LogP contribution in [0.25, 0.3) is 0 Å². The smallest absolute Gasteiger partial charge is 0.308 e. The van der Waals surface area contributed by atoms with E-state index in [0.717, 1.165) is 11.1 Å². The van der Waals surface area contributed by atoms with Crippen molar-refractivity contribution in [2.45, 2.75) is 71.7 Å². The van der Waals surface area contributed by atoms with Crippen molar-refractivity contribution in [3.8, 4) is 11.5 Å². The second-order valence-corrected chi connectivity index (χ2v) is 10.1. The van der Waals surface area contributed by atoms with E-state index in [2.05, 4.69) is 13.8 Å². The van der Waals surface area contributed by atoms with Crippen molar-refractivity contribution in [1.29, 1.82) is 0 Å². The van der Waals surface area contributed by atoms with Gasteiger partial charge in [0.25, 0.3) is 0 Å². The fourth-order valence-electron chi connectivity index (χ4n) is 3.44. The van der Waals surface area contributed by atoms with E-state index in [4.69, 9.17) is 18.9 Å². The van der Waals surface area contributed by atoms with Gasteiger partial charge in [0.15, 0.2) is 0 Å². The third-order valence-corrected chi connectivity index (χ3v) is 5.70. The number of aliphatic hydroxyl groups excluding tert-OH is 2. The van der Waals surface area contributed by atoms with Gasteiger partial charge in [0.05, 0.1) is 24.5 Å². The maximum Gasteiger partial charge on any atom is 0.308 e. The van der Waals surface area contributed by atoms with Crippen molar-refractivity contribution in [3.05, 3.63) is 59.7 Å². The summed E-state index contributed by atoms with van der Waals surface area (Å²) in [6.45, 7) is 11.1. The number of rotatable bonds is 14. The Labute approximate surface area is 219 Å². The maximum atomic E-state index is 11.6. The van der Waals surface area contributed by atoms with Crippen LogP contribution in [0.1, 0.15) is 59.1 Å². The van der Waals surface area contributed by atoms with Gasteiger partial charge < -0.3 is 29.2 Å². The average molecular weight is 517 g/mol. The summed E-state index contributed by atoms with van der Waals surface area (Å²) >= 11 is 0. The van der Waals surface area contributed by atoms with Gasteiger partial charge in [0, 0.05) is 5.41 Å². The molecule has 37 heavy (non-hydrogen) atoms. The zero-order valence-electron chi connectivity index (χ0n) is 22.6. The van der Waals surface area contributed by atoms with E-state index >= 15 is 0 Å². The number of ether oxygens (including phenoxy) is 4. The Morgan fingerprint density at radius 1 is 0.757 bits per heavy atom. The van der Waals surface area contributed by atoms with Crippen molar-refractivity contribution in [2.24, 2.45) is 5.92 Å². The first-order valence-corrected chi connectivity index (χ1v) is 12.6. The number of benzene rings is 2. The second kappa shape index (κ2) is 14.0. The quantitative estimate of drug-likeness (QED) is 0.362. The lowest BCUT2D eigenvalue weighted by Crippen LogP contribution is -2.26. The van der Waals surface area contributed by atoms with Crippen LogP contribution in [0, 0.1) is 5.92 Å². The van der Waals surface area contributed by atoms with E-state index in [0.29, 0.717) is 11.5 Å². The van der Waals surface area contributed by atoms with Gasteiger partial charge in [-0.1, -0.05) is 52.0 Å². The summed E-state index contributed by atoms with van der Waals surface area (Å²) in [4.78, 5) is 23.2. The van der Waals surface area contributed by atoms with E-state index < -0.39 is 18.2 Å². The highest BCUT2D eigenvalue weighted by Crippen LogP contribution is 2.33. The Hall–Kier alpha value is -3.10. The summed E-state index contributed by atoms with van der Waals surface area (Å²) in [6.07, 6.45) is -2.19. The third-order valence-electron chi connectivity index (χ3n) is 5.70. The molecule has 0 radical (unpaired) electrons. The lowest BCUT2D eigenvalue weighted by Gasteiger charge is -2.26. The van der Waals surface area contributed by atoms with Gasteiger partial charge in [-0.05, 0) is 49.2 Å². The molecule has 2 N–H and O–H groups in total. The summed E-state index contributed by atoms with van der Waals surface area (Å²) in [5, 5.41) is 20.0. The number of aliphatic hydroxyl groups is 2. The minimum Gasteiger partial charge on any atom is -0.491 e. The molecule has 2 atom stereocenters. The highest BCUT2D eigenvalue weighted by Gasteiger charge is 2.23. The molecule has 0 amide bonds. The molecule has 8 nitrogen and oxygen atoms in total. The van der Waals surface area contributed by atoms with Crippen molar-refractivity contribution in [3.63, 3.8) is 0 Å². The van der Waals surface area contributed by atoms with Gasteiger partial charge >= 0.3 is 11.9 Å². The molecule has 8 heteroatoms. The molecule has 0 heterocycles. The highest BCUT2D eigenvalue weighted by atomic mass is 16.6. The van der Waals surface area contributed by atoms with Crippen LogP contribution in [0.3, 0.4) is 0 Å². The molecule has 0 fully saturated rings. The predicted octanol–water partition coefficient (Wildman–Crippen LogP) is 4.03. The predicted molar refractivity (Wildman–Crippen MR) is 140 cm³/mol. The number of hydrogen-bond acceptors (Lipinski definition) is 8. The van der Waals surface area contributed by atoms with Crippen LogP contribution in [0.2, 0.25) is 0 Å². The second-order valence-electron chi connectivity index (χ2n) is 10.1. The van der Waals surface area contributed by atoms with Gasteiger partial charge in [0.2, 0.25) is 0 Å². The first kappa shape index (κ1) is 30.1.